The average Bonchev–Trinajstić information content (AvgIpc) is 2.56. The molecule has 0 bridgehead atoms. The summed E-state index contributed by atoms with van der Waals surface area (Å²) in [6.45, 7) is 5.93. The lowest BCUT2D eigenvalue weighted by atomic mass is 10.0. The number of rotatable bonds is 2. The second kappa shape index (κ2) is 4.55. The minimum Gasteiger partial charge on any atom is -0.369 e. The maximum atomic E-state index is 10.7. The molecular weight excluding hydrogens is 252 g/mol. The molecule has 17 heavy (non-hydrogen) atoms. The van der Waals surface area contributed by atoms with Crippen molar-refractivity contribution < 1.29 is 5.11 Å². The maximum absolute atomic E-state index is 10.7. The molecule has 1 N–H and O–H groups in total. The van der Waals surface area contributed by atoms with Crippen LogP contribution in [-0.4, -0.2) is 25.9 Å². The first-order chi connectivity index (χ1) is 7.95. The van der Waals surface area contributed by atoms with Gasteiger partial charge in [-0.05, 0) is 19.1 Å². The Labute approximate surface area is 111 Å². The molecule has 2 heterocycles. The topological polar surface area (TPSA) is 36.4 Å². The Bertz CT molecular complexity index is 450. The number of hydrogen-bond donors (Lipinski definition) is 1. The van der Waals surface area contributed by atoms with E-state index in [2.05, 4.69) is 4.98 Å². The van der Waals surface area contributed by atoms with Gasteiger partial charge in [-0.2, -0.15) is 0 Å². The summed E-state index contributed by atoms with van der Waals surface area (Å²) >= 11 is 6.83. The van der Waals surface area contributed by atoms with Crippen LogP contribution in [0.1, 0.15) is 19.5 Å². The predicted octanol–water partition coefficient (Wildman–Crippen LogP) is 2.57. The first kappa shape index (κ1) is 12.8. The van der Waals surface area contributed by atoms with Crippen molar-refractivity contribution in [2.45, 2.75) is 26.5 Å². The van der Waals surface area contributed by atoms with Gasteiger partial charge in [0.1, 0.15) is 10.1 Å². The molecule has 1 aliphatic heterocycles. The largest absolute Gasteiger partial charge is 0.369 e. The summed E-state index contributed by atoms with van der Waals surface area (Å²) in [6.07, 6.45) is 0. The van der Waals surface area contributed by atoms with E-state index >= 15 is 0 Å². The zero-order valence-corrected chi connectivity index (χ0v) is 11.8. The third kappa shape index (κ3) is 2.19. The molecule has 92 valence electrons. The van der Waals surface area contributed by atoms with E-state index in [-0.39, 0.29) is 5.92 Å². The van der Waals surface area contributed by atoms with Crippen LogP contribution < -0.4 is 4.90 Å². The lowest BCUT2D eigenvalue weighted by Gasteiger charge is -2.36. The van der Waals surface area contributed by atoms with Crippen molar-refractivity contribution in [2.75, 3.05) is 10.7 Å². The van der Waals surface area contributed by atoms with Crippen LogP contribution in [0.3, 0.4) is 0 Å². The lowest BCUT2D eigenvalue weighted by Crippen LogP contribution is -2.51. The molecule has 3 nitrogen and oxygen atoms in total. The molecule has 1 fully saturated rings. The number of anilines is 1. The van der Waals surface area contributed by atoms with Crippen LogP contribution in [0.15, 0.2) is 18.2 Å². The third-order valence-electron chi connectivity index (χ3n) is 3.01. The minimum atomic E-state index is -0.928. The highest BCUT2D eigenvalue weighted by molar-refractivity contribution is 8.23. The van der Waals surface area contributed by atoms with Crippen LogP contribution in [-0.2, 0) is 0 Å². The van der Waals surface area contributed by atoms with E-state index in [1.54, 1.807) is 4.90 Å². The summed E-state index contributed by atoms with van der Waals surface area (Å²) < 4.78 is 0.694. The lowest BCUT2D eigenvalue weighted by molar-refractivity contribution is 0.0312. The van der Waals surface area contributed by atoms with E-state index in [1.807, 2.05) is 39.0 Å². The van der Waals surface area contributed by atoms with E-state index in [1.165, 1.54) is 11.8 Å². The third-order valence-corrected chi connectivity index (χ3v) is 4.54. The van der Waals surface area contributed by atoms with Gasteiger partial charge in [0.05, 0.1) is 0 Å². The average molecular weight is 268 g/mol. The van der Waals surface area contributed by atoms with Crippen LogP contribution in [0.25, 0.3) is 0 Å². The number of thioether (sulfide) groups is 1. The van der Waals surface area contributed by atoms with Gasteiger partial charge in [0.25, 0.3) is 0 Å². The highest BCUT2D eigenvalue weighted by atomic mass is 32.2. The highest BCUT2D eigenvalue weighted by Crippen LogP contribution is 2.39. The number of thiocarbonyl (C=S) groups is 1. The van der Waals surface area contributed by atoms with Crippen molar-refractivity contribution in [1.82, 2.24) is 4.98 Å². The molecule has 0 aliphatic carbocycles. The maximum Gasteiger partial charge on any atom is 0.156 e. The summed E-state index contributed by atoms with van der Waals surface area (Å²) in [7, 11) is 0. The Balaban J connectivity index is 2.44. The monoisotopic (exact) mass is 268 g/mol. The number of hydrogen-bond acceptors (Lipinski definition) is 4. The first-order valence-corrected chi connectivity index (χ1v) is 6.97. The fraction of sp³-hybridized carbons (Fsp3) is 0.500. The normalized spacial score (nSPS) is 24.8. The van der Waals surface area contributed by atoms with Crippen LogP contribution in [0, 0.1) is 12.8 Å². The van der Waals surface area contributed by atoms with Crippen LogP contribution in [0.4, 0.5) is 5.82 Å². The summed E-state index contributed by atoms with van der Waals surface area (Å²) in [5.41, 5.74) is -0.00367. The molecule has 1 aliphatic rings. The van der Waals surface area contributed by atoms with E-state index in [0.717, 1.165) is 11.5 Å². The van der Waals surface area contributed by atoms with Crippen molar-refractivity contribution in [3.05, 3.63) is 23.9 Å². The molecule has 0 aromatic carbocycles. The fourth-order valence-electron chi connectivity index (χ4n) is 1.83. The molecule has 5 heteroatoms. The van der Waals surface area contributed by atoms with Crippen molar-refractivity contribution in [2.24, 2.45) is 5.92 Å². The quantitative estimate of drug-likeness (QED) is 0.834. The molecule has 1 saturated heterocycles. The van der Waals surface area contributed by atoms with Gasteiger partial charge in [-0.25, -0.2) is 4.98 Å². The van der Waals surface area contributed by atoms with Crippen molar-refractivity contribution in [3.8, 4) is 0 Å². The van der Waals surface area contributed by atoms with Gasteiger partial charge in [-0.1, -0.05) is 43.9 Å². The van der Waals surface area contributed by atoms with Gasteiger partial charge >= 0.3 is 0 Å². The SMILES string of the molecule is Cc1cccc(N2C(=S)SCC2(O)C(C)C)n1. The Morgan fingerprint density at radius 2 is 2.24 bits per heavy atom. The summed E-state index contributed by atoms with van der Waals surface area (Å²) in [5.74, 6) is 1.42. The first-order valence-electron chi connectivity index (χ1n) is 5.58. The van der Waals surface area contributed by atoms with Gasteiger partial charge in [-0.15, -0.1) is 0 Å². The van der Waals surface area contributed by atoms with Gasteiger partial charge in [0, 0.05) is 17.4 Å². The number of aromatic nitrogens is 1. The zero-order valence-electron chi connectivity index (χ0n) is 10.2. The molecule has 0 amide bonds. The Morgan fingerprint density at radius 1 is 1.53 bits per heavy atom. The van der Waals surface area contributed by atoms with E-state index in [4.69, 9.17) is 12.2 Å². The molecule has 1 unspecified atom stereocenters. The Kier molecular flexibility index (Phi) is 3.43. The summed E-state index contributed by atoms with van der Waals surface area (Å²) in [4.78, 5) is 6.23. The summed E-state index contributed by atoms with van der Waals surface area (Å²) in [6, 6.07) is 5.76. The van der Waals surface area contributed by atoms with E-state index in [9.17, 15) is 5.11 Å². The van der Waals surface area contributed by atoms with Gasteiger partial charge < -0.3 is 5.11 Å². The second-order valence-electron chi connectivity index (χ2n) is 4.56. The van der Waals surface area contributed by atoms with Crippen molar-refractivity contribution in [3.63, 3.8) is 0 Å². The number of pyridine rings is 1. The Hall–Kier alpha value is -0.650. The van der Waals surface area contributed by atoms with Gasteiger partial charge in [0.2, 0.25) is 0 Å². The smallest absolute Gasteiger partial charge is 0.156 e. The predicted molar refractivity (Wildman–Crippen MR) is 76.3 cm³/mol. The van der Waals surface area contributed by atoms with Crippen LogP contribution >= 0.6 is 24.0 Å². The number of aliphatic hydroxyl groups is 1. The van der Waals surface area contributed by atoms with Crippen LogP contribution in [0.5, 0.6) is 0 Å². The Morgan fingerprint density at radius 3 is 2.82 bits per heavy atom. The summed E-state index contributed by atoms with van der Waals surface area (Å²) in [5, 5.41) is 10.7. The molecular formula is C12H16N2OS2. The second-order valence-corrected chi connectivity index (χ2v) is 6.17. The van der Waals surface area contributed by atoms with Crippen molar-refractivity contribution in [1.29, 1.82) is 0 Å². The molecule has 0 spiro atoms. The minimum absolute atomic E-state index is 0.0952. The highest BCUT2D eigenvalue weighted by Gasteiger charge is 2.46. The number of aryl methyl sites for hydroxylation is 1. The van der Waals surface area contributed by atoms with Crippen LogP contribution in [0.2, 0.25) is 0 Å². The standard InChI is InChI=1S/C12H16N2OS2/c1-8(2)12(15)7-17-11(16)14(12)10-6-4-5-9(3)13-10/h4-6,8,15H,7H2,1-3H3. The van der Waals surface area contributed by atoms with E-state index in [0.29, 0.717) is 10.1 Å². The van der Waals surface area contributed by atoms with E-state index < -0.39 is 5.72 Å². The molecule has 0 saturated carbocycles. The molecule has 1 aromatic rings. The fourth-order valence-corrected chi connectivity index (χ4v) is 3.43. The van der Waals surface area contributed by atoms with Gasteiger partial charge in [0.15, 0.2) is 5.72 Å². The molecule has 0 radical (unpaired) electrons. The molecule has 2 rings (SSSR count). The molecule has 1 atom stereocenters. The molecule has 1 aromatic heterocycles. The zero-order chi connectivity index (χ0) is 12.6. The van der Waals surface area contributed by atoms with Crippen molar-refractivity contribution >= 4 is 34.1 Å². The number of nitrogens with zero attached hydrogens (tertiary/aromatic N) is 2. The van der Waals surface area contributed by atoms with Gasteiger partial charge in [-0.3, -0.25) is 4.90 Å².